The molecular weight excluding hydrogens is 737 g/mol. The minimum atomic E-state index is -4.37. The van der Waals surface area contributed by atoms with E-state index in [0.29, 0.717) is 17.4 Å². The molecule has 0 aromatic heterocycles. The van der Waals surface area contributed by atoms with Crippen LogP contribution in [0.5, 0.6) is 0 Å². The zero-order valence-corrected chi connectivity index (χ0v) is 38.7. The Hall–Kier alpha value is -1.51. The molecule has 0 heterocycles. The summed E-state index contributed by atoms with van der Waals surface area (Å²) in [6, 6.07) is 0. The van der Waals surface area contributed by atoms with Crippen molar-refractivity contribution < 1.29 is 42.1 Å². The predicted molar refractivity (Wildman–Crippen MR) is 238 cm³/mol. The summed E-state index contributed by atoms with van der Waals surface area (Å²) >= 11 is 0. The molecule has 1 N–H and O–H groups in total. The first kappa shape index (κ1) is 55.5. The molecule has 0 spiro atoms. The number of nitrogens with zero attached hydrogens (tertiary/aromatic N) is 1. The van der Waals surface area contributed by atoms with Crippen LogP contribution in [0, 0.1) is 0 Å². The zero-order chi connectivity index (χ0) is 42.1. The van der Waals surface area contributed by atoms with E-state index in [9.17, 15) is 19.0 Å². The van der Waals surface area contributed by atoms with Crippen molar-refractivity contribution in [1.82, 2.24) is 0 Å². The third kappa shape index (κ3) is 43.9. The van der Waals surface area contributed by atoms with Crippen LogP contribution in [-0.2, 0) is 32.7 Å². The van der Waals surface area contributed by atoms with E-state index in [0.717, 1.165) is 51.4 Å². The summed E-state index contributed by atoms with van der Waals surface area (Å²) in [5.41, 5.74) is 0. The van der Waals surface area contributed by atoms with Crippen molar-refractivity contribution in [3.05, 3.63) is 24.3 Å². The fraction of sp³-hybridized carbons (Fsp3) is 0.872. The lowest BCUT2D eigenvalue weighted by molar-refractivity contribution is -0.870. The van der Waals surface area contributed by atoms with E-state index in [4.69, 9.17) is 18.5 Å². The van der Waals surface area contributed by atoms with Gasteiger partial charge in [0.2, 0.25) is 0 Å². The molecule has 0 aliphatic heterocycles. The van der Waals surface area contributed by atoms with Gasteiger partial charge < -0.3 is 18.9 Å². The Morgan fingerprint density at radius 1 is 0.544 bits per heavy atom. The quantitative estimate of drug-likeness (QED) is 0.0213. The third-order valence-corrected chi connectivity index (χ3v) is 11.2. The molecule has 0 bridgehead atoms. The van der Waals surface area contributed by atoms with Gasteiger partial charge in [-0.1, -0.05) is 179 Å². The van der Waals surface area contributed by atoms with Crippen molar-refractivity contribution in [1.29, 1.82) is 0 Å². The summed E-state index contributed by atoms with van der Waals surface area (Å²) in [5.74, 6) is -0.798. The first-order chi connectivity index (χ1) is 27.5. The lowest BCUT2D eigenvalue weighted by atomic mass is 10.0. The fourth-order valence-corrected chi connectivity index (χ4v) is 7.26. The van der Waals surface area contributed by atoms with Crippen LogP contribution < -0.4 is 0 Å². The van der Waals surface area contributed by atoms with Crippen molar-refractivity contribution in [3.63, 3.8) is 0 Å². The average Bonchev–Trinajstić information content (AvgIpc) is 3.16. The van der Waals surface area contributed by atoms with Crippen LogP contribution in [0.1, 0.15) is 213 Å². The van der Waals surface area contributed by atoms with Crippen molar-refractivity contribution in [2.75, 3.05) is 47.5 Å². The number of phosphoric acid groups is 1. The average molecular weight is 829 g/mol. The third-order valence-electron chi connectivity index (χ3n) is 10.2. The lowest BCUT2D eigenvalue weighted by Crippen LogP contribution is -2.37. The molecule has 2 atom stereocenters. The first-order valence-electron chi connectivity index (χ1n) is 23.6. The van der Waals surface area contributed by atoms with Gasteiger partial charge in [0.05, 0.1) is 27.7 Å². The Bertz CT molecular complexity index is 1030. The number of esters is 2. The van der Waals surface area contributed by atoms with Crippen LogP contribution in [0.15, 0.2) is 24.3 Å². The van der Waals surface area contributed by atoms with Gasteiger partial charge in [0.1, 0.15) is 19.8 Å². The topological polar surface area (TPSA) is 108 Å². The van der Waals surface area contributed by atoms with Crippen LogP contribution >= 0.6 is 7.82 Å². The molecule has 10 heteroatoms. The van der Waals surface area contributed by atoms with E-state index < -0.39 is 26.5 Å². The number of hydrogen-bond donors (Lipinski definition) is 1. The Labute approximate surface area is 351 Å². The van der Waals surface area contributed by atoms with Crippen molar-refractivity contribution in [2.45, 2.75) is 219 Å². The molecule has 336 valence electrons. The maximum Gasteiger partial charge on any atom is 0.472 e. The second-order valence-electron chi connectivity index (χ2n) is 17.1. The number of likely N-dealkylation sites (N-methyl/N-ethyl adjacent to an activating group) is 1. The molecule has 0 aromatic rings. The van der Waals surface area contributed by atoms with E-state index in [2.05, 4.69) is 38.2 Å². The summed E-state index contributed by atoms with van der Waals surface area (Å²) in [6.07, 6.45) is 43.6. The Morgan fingerprint density at radius 2 is 0.947 bits per heavy atom. The minimum absolute atomic E-state index is 0.0324. The Morgan fingerprint density at radius 3 is 1.42 bits per heavy atom. The molecule has 0 rings (SSSR count). The van der Waals surface area contributed by atoms with Crippen LogP contribution in [0.2, 0.25) is 0 Å². The highest BCUT2D eigenvalue weighted by molar-refractivity contribution is 7.47. The molecule has 0 amide bonds. The van der Waals surface area contributed by atoms with Gasteiger partial charge in [0.15, 0.2) is 6.10 Å². The molecule has 57 heavy (non-hydrogen) atoms. The highest BCUT2D eigenvalue weighted by Gasteiger charge is 2.27. The molecule has 9 nitrogen and oxygen atoms in total. The number of phosphoric ester groups is 1. The van der Waals surface area contributed by atoms with Crippen LogP contribution in [0.25, 0.3) is 0 Å². The number of rotatable bonds is 43. The summed E-state index contributed by atoms with van der Waals surface area (Å²) in [4.78, 5) is 35.4. The Balaban J connectivity index is 4.31. The second-order valence-corrected chi connectivity index (χ2v) is 18.6. The molecule has 0 aliphatic rings. The van der Waals surface area contributed by atoms with Crippen molar-refractivity contribution >= 4 is 19.8 Å². The lowest BCUT2D eigenvalue weighted by Gasteiger charge is -2.24. The van der Waals surface area contributed by atoms with Gasteiger partial charge in [-0.15, -0.1) is 0 Å². The molecule has 1 unspecified atom stereocenters. The van der Waals surface area contributed by atoms with Crippen molar-refractivity contribution in [3.8, 4) is 0 Å². The molecule has 0 fully saturated rings. The van der Waals surface area contributed by atoms with Gasteiger partial charge in [-0.2, -0.15) is 0 Å². The van der Waals surface area contributed by atoms with E-state index in [1.54, 1.807) is 0 Å². The fourth-order valence-electron chi connectivity index (χ4n) is 6.52. The van der Waals surface area contributed by atoms with Crippen LogP contribution in [-0.4, -0.2) is 74.9 Å². The number of carbonyl (C=O) groups excluding carboxylic acids is 2. The van der Waals surface area contributed by atoms with Crippen LogP contribution in [0.3, 0.4) is 0 Å². The highest BCUT2D eigenvalue weighted by Crippen LogP contribution is 2.43. The summed E-state index contributed by atoms with van der Waals surface area (Å²) in [5, 5.41) is 0. The molecule has 0 radical (unpaired) electrons. The smallest absolute Gasteiger partial charge is 0.462 e. The number of allylic oxidation sites excluding steroid dienone is 4. The first-order valence-corrected chi connectivity index (χ1v) is 25.1. The normalized spacial score (nSPS) is 13.7. The largest absolute Gasteiger partial charge is 0.472 e. The maximum absolute atomic E-state index is 12.7. The summed E-state index contributed by atoms with van der Waals surface area (Å²) in [6.45, 7) is 4.41. The highest BCUT2D eigenvalue weighted by atomic mass is 31.2. The number of quaternary nitrogens is 1. The van der Waals surface area contributed by atoms with E-state index in [1.807, 2.05) is 21.1 Å². The van der Waals surface area contributed by atoms with Gasteiger partial charge in [-0.05, 0) is 44.9 Å². The second kappa shape index (κ2) is 39.9. The van der Waals surface area contributed by atoms with E-state index in [1.165, 1.54) is 128 Å². The standard InChI is InChI=1S/C47H90NO8P/c1-6-8-10-12-14-16-18-20-22-24-26-27-29-31-33-35-37-39-46(49)53-43-45(44-55-57(51,52)54-42-41-48(3,4)5)56-47(50)40-38-36-34-32-30-28-25-23-21-19-17-15-13-11-9-7-2/h14,16,20,22,45H,6-13,15,17-19,21,23-44H2,1-5H3/p+1/b16-14-,22-20-/t45-/m1/s1. The monoisotopic (exact) mass is 829 g/mol. The maximum atomic E-state index is 12.7. The van der Waals surface area contributed by atoms with Gasteiger partial charge in [-0.3, -0.25) is 18.6 Å². The van der Waals surface area contributed by atoms with Crippen molar-refractivity contribution in [2.24, 2.45) is 0 Å². The molecule has 0 aliphatic carbocycles. The van der Waals surface area contributed by atoms with Crippen LogP contribution in [0.4, 0.5) is 0 Å². The van der Waals surface area contributed by atoms with Gasteiger partial charge in [-0.25, -0.2) is 4.57 Å². The van der Waals surface area contributed by atoms with Gasteiger partial charge >= 0.3 is 19.8 Å². The molecule has 0 saturated heterocycles. The number of hydrogen-bond acceptors (Lipinski definition) is 7. The summed E-state index contributed by atoms with van der Waals surface area (Å²) < 4.78 is 34.4. The zero-order valence-electron chi connectivity index (χ0n) is 37.8. The van der Waals surface area contributed by atoms with E-state index >= 15 is 0 Å². The molecule has 0 saturated carbocycles. The van der Waals surface area contributed by atoms with Gasteiger partial charge in [0.25, 0.3) is 0 Å². The summed E-state index contributed by atoms with van der Waals surface area (Å²) in [7, 11) is 1.48. The SMILES string of the molecule is CCCCC/C=C\C/C=C\CCCCCCCCCC(=O)OC[C@H](COP(=O)(O)OCC[N+](C)(C)C)OC(=O)CCCCCCCCCCCCCCCCCC. The number of unbranched alkanes of at least 4 members (excludes halogenated alkanes) is 25. The van der Waals surface area contributed by atoms with Gasteiger partial charge in [0, 0.05) is 12.8 Å². The molecular formula is C47H91NO8P+. The minimum Gasteiger partial charge on any atom is -0.462 e. The number of ether oxygens (including phenoxy) is 2. The Kier molecular flexibility index (Phi) is 38.9. The number of carbonyl (C=O) groups is 2. The molecule has 0 aromatic carbocycles. The predicted octanol–water partition coefficient (Wildman–Crippen LogP) is 13.5. The van der Waals surface area contributed by atoms with E-state index in [-0.39, 0.29) is 32.0 Å².